The fourth-order valence-corrected chi connectivity index (χ4v) is 7.48. The molecule has 0 heterocycles. The Morgan fingerprint density at radius 1 is 0.720 bits per heavy atom. The van der Waals surface area contributed by atoms with Crippen molar-refractivity contribution in [2.75, 3.05) is 11.9 Å². The number of aryl methyl sites for hydroxylation is 1. The first-order chi connectivity index (χ1) is 24.3. The van der Waals surface area contributed by atoms with E-state index in [1.165, 1.54) is 41.5 Å². The predicted octanol–water partition coefficient (Wildman–Crippen LogP) is 6.50. The van der Waals surface area contributed by atoms with Crippen LogP contribution in [0.25, 0.3) is 0 Å². The first kappa shape index (κ1) is 34.1. The number of amides is 4. The van der Waals surface area contributed by atoms with Crippen LogP contribution in [0.4, 0.5) is 10.5 Å². The van der Waals surface area contributed by atoms with Crippen LogP contribution in [-0.4, -0.2) is 37.7 Å². The molecule has 5 aromatic rings. The fourth-order valence-electron chi connectivity index (χ4n) is 6.49. The summed E-state index contributed by atoms with van der Waals surface area (Å²) in [6.45, 7) is 0.112. The van der Waals surface area contributed by atoms with Gasteiger partial charge in [0.1, 0.15) is 0 Å². The van der Waals surface area contributed by atoms with Crippen LogP contribution in [0.1, 0.15) is 45.1 Å². The van der Waals surface area contributed by atoms with Crippen LogP contribution < -0.4 is 15.4 Å². The predicted molar refractivity (Wildman–Crippen MR) is 193 cm³/mol. The quantitative estimate of drug-likeness (QED) is 0.146. The smallest absolute Gasteiger partial charge is 0.319 e. The van der Waals surface area contributed by atoms with Crippen molar-refractivity contribution in [3.05, 3.63) is 167 Å². The van der Waals surface area contributed by atoms with Gasteiger partial charge in [0.25, 0.3) is 15.9 Å². The van der Waals surface area contributed by atoms with Crippen molar-refractivity contribution in [1.29, 1.82) is 0 Å². The highest BCUT2D eigenvalue weighted by Crippen LogP contribution is 2.41. The topological polar surface area (TPSA) is 125 Å². The maximum absolute atomic E-state index is 14.2. The number of sulfonamides is 1. The van der Waals surface area contributed by atoms with E-state index >= 15 is 0 Å². The molecule has 50 heavy (non-hydrogen) atoms. The van der Waals surface area contributed by atoms with E-state index in [0.717, 1.165) is 30.4 Å². The summed E-state index contributed by atoms with van der Waals surface area (Å²) in [6.07, 6.45) is 2.65. The number of carbonyl (C=O) groups excluding carboxylic acids is 3. The second kappa shape index (κ2) is 15.7. The van der Waals surface area contributed by atoms with Crippen molar-refractivity contribution >= 4 is 33.6 Å². The molecule has 0 saturated heterocycles. The van der Waals surface area contributed by atoms with E-state index < -0.39 is 22.0 Å². The van der Waals surface area contributed by atoms with Gasteiger partial charge in [-0.2, -0.15) is 0 Å². The van der Waals surface area contributed by atoms with Crippen molar-refractivity contribution in [2.45, 2.75) is 36.7 Å². The minimum atomic E-state index is -4.08. The minimum Gasteiger partial charge on any atom is -0.329 e. The van der Waals surface area contributed by atoms with Crippen molar-refractivity contribution in [3.63, 3.8) is 0 Å². The lowest BCUT2D eigenvalue weighted by molar-refractivity contribution is -0.135. The molecular weight excluding hydrogens is 649 g/mol. The molecule has 0 radical (unpaired) electrons. The van der Waals surface area contributed by atoms with Gasteiger partial charge in [0.15, 0.2) is 0 Å². The number of hydrogen-bond donors (Lipinski definition) is 3. The van der Waals surface area contributed by atoms with Gasteiger partial charge in [-0.15, -0.1) is 0 Å². The van der Waals surface area contributed by atoms with Crippen molar-refractivity contribution in [2.24, 2.45) is 5.92 Å². The van der Waals surface area contributed by atoms with Crippen LogP contribution in [0.15, 0.2) is 144 Å². The number of nitrogens with zero attached hydrogens (tertiary/aromatic N) is 1. The molecule has 3 N–H and O–H groups in total. The van der Waals surface area contributed by atoms with E-state index in [1.807, 2.05) is 65.6 Å². The maximum Gasteiger partial charge on any atom is 0.319 e. The van der Waals surface area contributed by atoms with Gasteiger partial charge < -0.3 is 15.5 Å². The van der Waals surface area contributed by atoms with Crippen LogP contribution in [0.2, 0.25) is 0 Å². The second-order valence-electron chi connectivity index (χ2n) is 12.3. The van der Waals surface area contributed by atoms with E-state index in [1.54, 1.807) is 24.3 Å². The summed E-state index contributed by atoms with van der Waals surface area (Å²) >= 11 is 0. The summed E-state index contributed by atoms with van der Waals surface area (Å²) in [5.74, 6) is -0.918. The largest absolute Gasteiger partial charge is 0.329 e. The number of hydrogen-bond acceptors (Lipinski definition) is 5. The van der Waals surface area contributed by atoms with Crippen molar-refractivity contribution < 1.29 is 22.8 Å². The Morgan fingerprint density at radius 2 is 1.36 bits per heavy atom. The maximum atomic E-state index is 14.2. The molecule has 0 aliphatic heterocycles. The fraction of sp³-hybridized carbons (Fsp3) is 0.175. The Hall–Kier alpha value is -5.74. The molecule has 254 valence electrons. The molecule has 4 amide bonds. The van der Waals surface area contributed by atoms with Gasteiger partial charge in [0.2, 0.25) is 5.91 Å². The van der Waals surface area contributed by atoms with Crippen molar-refractivity contribution in [1.82, 2.24) is 14.9 Å². The summed E-state index contributed by atoms with van der Waals surface area (Å²) < 4.78 is 27.3. The molecule has 1 aliphatic carbocycles. The standard InChI is InChI=1S/C40H38N4O5S/c45-37(27-41-40(47)42-34-19-12-18-33(26-34)39(46)43-50(48,49)35-20-8-3-9-21-35)44(28-30-15-6-2-7-16-30)38-32(25-29-13-4-1-5-14-29)24-23-31-17-10-11-22-36(31)38/h1-22,26,32,38H,23-25,27-28H2,(H,43,46)(H2,41,42,47)/t32-,38-/m0/s1. The summed E-state index contributed by atoms with van der Waals surface area (Å²) in [7, 11) is -4.08. The Bertz CT molecular complexity index is 2060. The molecule has 5 aromatic carbocycles. The van der Waals surface area contributed by atoms with Gasteiger partial charge in [0, 0.05) is 17.8 Å². The van der Waals surface area contributed by atoms with Gasteiger partial charge in [-0.1, -0.05) is 109 Å². The summed E-state index contributed by atoms with van der Waals surface area (Å²) in [5.41, 5.74) is 4.82. The lowest BCUT2D eigenvalue weighted by Gasteiger charge is -2.42. The van der Waals surface area contributed by atoms with Crippen LogP contribution in [0.5, 0.6) is 0 Å². The van der Waals surface area contributed by atoms with E-state index in [9.17, 15) is 22.8 Å². The molecule has 0 spiro atoms. The lowest BCUT2D eigenvalue weighted by Crippen LogP contribution is -2.46. The minimum absolute atomic E-state index is 0.0350. The molecule has 6 rings (SSSR count). The summed E-state index contributed by atoms with van der Waals surface area (Å²) in [5, 5.41) is 5.36. The van der Waals surface area contributed by atoms with Crippen molar-refractivity contribution in [3.8, 4) is 0 Å². The summed E-state index contributed by atoms with van der Waals surface area (Å²) in [4.78, 5) is 41.9. The number of urea groups is 1. The first-order valence-electron chi connectivity index (χ1n) is 16.5. The molecule has 10 heteroatoms. The van der Waals surface area contributed by atoms with Crippen LogP contribution in [-0.2, 0) is 34.2 Å². The zero-order valence-corrected chi connectivity index (χ0v) is 28.2. The Kier molecular flexibility index (Phi) is 10.7. The van der Waals surface area contributed by atoms with Crippen LogP contribution >= 0.6 is 0 Å². The second-order valence-corrected chi connectivity index (χ2v) is 14.0. The normalized spacial score (nSPS) is 15.3. The molecule has 1 aliphatic rings. The number of carbonyl (C=O) groups is 3. The Morgan fingerprint density at radius 3 is 2.08 bits per heavy atom. The summed E-state index contributed by atoms with van der Waals surface area (Å²) in [6, 6.07) is 41.0. The SMILES string of the molecule is O=C(NCC(=O)N(Cc1ccccc1)[C@@H]1c2ccccc2CC[C@H]1Cc1ccccc1)Nc1cccc(C(=O)NS(=O)(=O)c2ccccc2)c1. The number of nitrogens with one attached hydrogen (secondary N) is 3. The number of fused-ring (bicyclic) bond motifs is 1. The lowest BCUT2D eigenvalue weighted by atomic mass is 9.76. The molecule has 9 nitrogen and oxygen atoms in total. The molecule has 0 bridgehead atoms. The molecule has 0 fully saturated rings. The van der Waals surface area contributed by atoms with Crippen LogP contribution in [0.3, 0.4) is 0 Å². The average Bonchev–Trinajstić information content (AvgIpc) is 3.14. The third kappa shape index (κ3) is 8.45. The number of benzene rings is 5. The zero-order chi connectivity index (χ0) is 34.9. The highest BCUT2D eigenvalue weighted by atomic mass is 32.2. The van der Waals surface area contributed by atoms with E-state index in [4.69, 9.17) is 0 Å². The van der Waals surface area contributed by atoms with Gasteiger partial charge in [-0.05, 0) is 77.8 Å². The molecular formula is C40H38N4O5S. The number of rotatable bonds is 11. The first-order valence-corrected chi connectivity index (χ1v) is 18.0. The zero-order valence-electron chi connectivity index (χ0n) is 27.4. The van der Waals surface area contributed by atoms with Gasteiger partial charge in [-0.3, -0.25) is 9.59 Å². The molecule has 0 aromatic heterocycles. The van der Waals surface area contributed by atoms with Crippen LogP contribution in [0, 0.1) is 5.92 Å². The monoisotopic (exact) mass is 686 g/mol. The van der Waals surface area contributed by atoms with E-state index in [0.29, 0.717) is 6.54 Å². The van der Waals surface area contributed by atoms with E-state index in [-0.39, 0.29) is 40.6 Å². The Labute approximate surface area is 292 Å². The third-order valence-corrected chi connectivity index (χ3v) is 10.2. The highest BCUT2D eigenvalue weighted by molar-refractivity contribution is 7.90. The van der Waals surface area contributed by atoms with Gasteiger partial charge >= 0.3 is 6.03 Å². The average molecular weight is 687 g/mol. The number of anilines is 1. The van der Waals surface area contributed by atoms with E-state index in [2.05, 4.69) is 39.6 Å². The Balaban J connectivity index is 1.17. The molecule has 0 unspecified atom stereocenters. The third-order valence-electron chi connectivity index (χ3n) is 8.86. The molecule has 0 saturated carbocycles. The van der Waals surface area contributed by atoms with Gasteiger partial charge in [-0.25, -0.2) is 17.9 Å². The van der Waals surface area contributed by atoms with Gasteiger partial charge in [0.05, 0.1) is 17.5 Å². The highest BCUT2D eigenvalue weighted by Gasteiger charge is 2.36. The molecule has 2 atom stereocenters.